The zero-order valence-electron chi connectivity index (χ0n) is 17.0. The predicted molar refractivity (Wildman–Crippen MR) is 124 cm³/mol. The second kappa shape index (κ2) is 13.1. The molecule has 154 valence electrons. The van der Waals surface area contributed by atoms with E-state index in [4.69, 9.17) is 14.2 Å². The van der Waals surface area contributed by atoms with Crippen LogP contribution in [-0.4, -0.2) is 40.4 Å². The number of ether oxygens (including phenoxy) is 3. The molecule has 0 unspecified atom stereocenters. The van der Waals surface area contributed by atoms with E-state index in [9.17, 15) is 0 Å². The van der Waals surface area contributed by atoms with Crippen LogP contribution in [0.4, 0.5) is 0 Å². The highest BCUT2D eigenvalue weighted by Gasteiger charge is 2.06. The molecule has 0 bridgehead atoms. The number of halogens is 1. The zero-order valence-corrected chi connectivity index (χ0v) is 19.3. The maximum absolute atomic E-state index is 5.62. The Morgan fingerprint density at radius 2 is 1.64 bits per heavy atom. The zero-order chi connectivity index (χ0) is 19.5. The van der Waals surface area contributed by atoms with E-state index >= 15 is 0 Å². The third-order valence-corrected chi connectivity index (χ3v) is 4.08. The van der Waals surface area contributed by atoms with Gasteiger partial charge in [-0.1, -0.05) is 18.2 Å². The number of benzene rings is 2. The standard InChI is InChI=1S/C21H29N3O3.HI/c1-5-27-20-14-17(8-11-19(20)26-4)15-24-21(22-2)23-13-12-16-6-9-18(25-3)10-7-16;/h6-11,14H,5,12-13,15H2,1-4H3,(H2,22,23,24);1H. The van der Waals surface area contributed by atoms with Crippen molar-refractivity contribution < 1.29 is 14.2 Å². The van der Waals surface area contributed by atoms with Crippen molar-refractivity contribution in [3.05, 3.63) is 53.6 Å². The number of rotatable bonds is 9. The van der Waals surface area contributed by atoms with Crippen molar-refractivity contribution in [1.29, 1.82) is 0 Å². The topological polar surface area (TPSA) is 64.1 Å². The van der Waals surface area contributed by atoms with Crippen LogP contribution in [0.3, 0.4) is 0 Å². The molecule has 0 saturated heterocycles. The van der Waals surface area contributed by atoms with Crippen molar-refractivity contribution in [2.24, 2.45) is 4.99 Å². The molecule has 6 nitrogen and oxygen atoms in total. The molecule has 0 spiro atoms. The van der Waals surface area contributed by atoms with Crippen LogP contribution in [0.25, 0.3) is 0 Å². The highest BCUT2D eigenvalue weighted by atomic mass is 127. The molecule has 0 aromatic heterocycles. The molecule has 0 aliphatic carbocycles. The van der Waals surface area contributed by atoms with Crippen molar-refractivity contribution in [2.45, 2.75) is 19.9 Å². The van der Waals surface area contributed by atoms with Gasteiger partial charge < -0.3 is 24.8 Å². The lowest BCUT2D eigenvalue weighted by Crippen LogP contribution is -2.37. The van der Waals surface area contributed by atoms with E-state index in [0.29, 0.717) is 13.2 Å². The smallest absolute Gasteiger partial charge is 0.191 e. The van der Waals surface area contributed by atoms with Crippen LogP contribution in [0.2, 0.25) is 0 Å². The molecule has 0 amide bonds. The van der Waals surface area contributed by atoms with Crippen molar-refractivity contribution >= 4 is 29.9 Å². The van der Waals surface area contributed by atoms with Gasteiger partial charge in [0.2, 0.25) is 0 Å². The average molecular weight is 499 g/mol. The number of nitrogens with zero attached hydrogens (tertiary/aromatic N) is 1. The Kier molecular flexibility index (Phi) is 11.2. The molecule has 0 heterocycles. The Balaban J connectivity index is 0.00000392. The van der Waals surface area contributed by atoms with E-state index < -0.39 is 0 Å². The molecule has 0 radical (unpaired) electrons. The molecule has 2 aromatic rings. The fraction of sp³-hybridized carbons (Fsp3) is 0.381. The van der Waals surface area contributed by atoms with Crippen LogP contribution in [-0.2, 0) is 13.0 Å². The van der Waals surface area contributed by atoms with Gasteiger partial charge in [-0.15, -0.1) is 24.0 Å². The summed E-state index contributed by atoms with van der Waals surface area (Å²) in [6, 6.07) is 14.0. The summed E-state index contributed by atoms with van der Waals surface area (Å²) in [5.74, 6) is 3.12. The van der Waals surface area contributed by atoms with Gasteiger partial charge in [0.25, 0.3) is 0 Å². The number of methoxy groups -OCH3 is 2. The number of aliphatic imine (C=N–C) groups is 1. The normalized spacial score (nSPS) is 10.6. The molecule has 2 rings (SSSR count). The highest BCUT2D eigenvalue weighted by Crippen LogP contribution is 2.27. The molecule has 0 aliphatic rings. The van der Waals surface area contributed by atoms with Gasteiger partial charge in [0, 0.05) is 20.1 Å². The van der Waals surface area contributed by atoms with E-state index in [1.165, 1.54) is 5.56 Å². The monoisotopic (exact) mass is 499 g/mol. The molecule has 7 heteroatoms. The van der Waals surface area contributed by atoms with Crippen molar-refractivity contribution in [3.8, 4) is 17.2 Å². The summed E-state index contributed by atoms with van der Waals surface area (Å²) in [4.78, 5) is 4.27. The summed E-state index contributed by atoms with van der Waals surface area (Å²) in [5, 5.41) is 6.65. The summed E-state index contributed by atoms with van der Waals surface area (Å²) in [7, 11) is 5.08. The third-order valence-electron chi connectivity index (χ3n) is 4.08. The maximum Gasteiger partial charge on any atom is 0.191 e. The lowest BCUT2D eigenvalue weighted by Gasteiger charge is -2.14. The predicted octanol–water partition coefficient (Wildman–Crippen LogP) is 3.63. The Morgan fingerprint density at radius 1 is 0.929 bits per heavy atom. The van der Waals surface area contributed by atoms with Gasteiger partial charge in [-0.25, -0.2) is 0 Å². The summed E-state index contributed by atoms with van der Waals surface area (Å²) in [5.41, 5.74) is 2.34. The molecule has 0 atom stereocenters. The van der Waals surface area contributed by atoms with E-state index in [0.717, 1.165) is 41.7 Å². The third kappa shape index (κ3) is 7.46. The second-order valence-corrected chi connectivity index (χ2v) is 5.87. The molecule has 0 fully saturated rings. The van der Waals surface area contributed by atoms with Gasteiger partial charge in [-0.3, -0.25) is 4.99 Å². The highest BCUT2D eigenvalue weighted by molar-refractivity contribution is 14.0. The van der Waals surface area contributed by atoms with Crippen LogP contribution >= 0.6 is 24.0 Å². The van der Waals surface area contributed by atoms with E-state index in [1.54, 1.807) is 21.3 Å². The van der Waals surface area contributed by atoms with Gasteiger partial charge in [0.05, 0.1) is 20.8 Å². The summed E-state index contributed by atoms with van der Waals surface area (Å²) in [6.45, 7) is 3.99. The minimum atomic E-state index is 0. The first-order valence-electron chi connectivity index (χ1n) is 9.07. The van der Waals surface area contributed by atoms with Crippen molar-refractivity contribution in [3.63, 3.8) is 0 Å². The summed E-state index contributed by atoms with van der Waals surface area (Å²) >= 11 is 0. The quantitative estimate of drug-likeness (QED) is 0.314. The van der Waals surface area contributed by atoms with Gasteiger partial charge in [0.15, 0.2) is 17.5 Å². The SMILES string of the molecule is CCOc1cc(CNC(=NC)NCCc2ccc(OC)cc2)ccc1OC.I. The first-order valence-corrected chi connectivity index (χ1v) is 9.07. The van der Waals surface area contributed by atoms with Crippen molar-refractivity contribution in [2.75, 3.05) is 34.4 Å². The Hall–Kier alpha value is -2.16. The fourth-order valence-electron chi connectivity index (χ4n) is 2.62. The van der Waals surface area contributed by atoms with E-state index in [1.807, 2.05) is 37.3 Å². The Labute approximate surface area is 184 Å². The average Bonchev–Trinajstić information content (AvgIpc) is 2.71. The number of hydrogen-bond donors (Lipinski definition) is 2. The lowest BCUT2D eigenvalue weighted by atomic mass is 10.1. The number of guanidine groups is 1. The lowest BCUT2D eigenvalue weighted by molar-refractivity contribution is 0.310. The van der Waals surface area contributed by atoms with Crippen LogP contribution in [0.15, 0.2) is 47.5 Å². The summed E-state index contributed by atoms with van der Waals surface area (Å²) < 4.78 is 16.1. The number of nitrogens with one attached hydrogen (secondary N) is 2. The minimum Gasteiger partial charge on any atom is -0.497 e. The van der Waals surface area contributed by atoms with Gasteiger partial charge in [0.1, 0.15) is 5.75 Å². The fourth-order valence-corrected chi connectivity index (χ4v) is 2.62. The Bertz CT molecular complexity index is 736. The molecule has 28 heavy (non-hydrogen) atoms. The van der Waals surface area contributed by atoms with E-state index in [-0.39, 0.29) is 24.0 Å². The van der Waals surface area contributed by atoms with Gasteiger partial charge in [-0.2, -0.15) is 0 Å². The molecular weight excluding hydrogens is 469 g/mol. The molecular formula is C21H30IN3O3. The molecule has 0 aliphatic heterocycles. The second-order valence-electron chi connectivity index (χ2n) is 5.87. The van der Waals surface area contributed by atoms with Gasteiger partial charge >= 0.3 is 0 Å². The minimum absolute atomic E-state index is 0. The van der Waals surface area contributed by atoms with Crippen LogP contribution in [0.1, 0.15) is 18.1 Å². The van der Waals surface area contributed by atoms with E-state index in [2.05, 4.69) is 27.8 Å². The summed E-state index contributed by atoms with van der Waals surface area (Å²) in [6.07, 6.45) is 0.904. The molecule has 2 aromatic carbocycles. The molecule has 0 saturated carbocycles. The van der Waals surface area contributed by atoms with Crippen LogP contribution in [0.5, 0.6) is 17.2 Å². The van der Waals surface area contributed by atoms with Crippen molar-refractivity contribution in [1.82, 2.24) is 10.6 Å². The van der Waals surface area contributed by atoms with Gasteiger partial charge in [-0.05, 0) is 48.7 Å². The number of hydrogen-bond acceptors (Lipinski definition) is 4. The first-order chi connectivity index (χ1) is 13.2. The maximum atomic E-state index is 5.62. The first kappa shape index (κ1) is 23.9. The molecule has 2 N–H and O–H groups in total. The van der Waals surface area contributed by atoms with Crippen LogP contribution in [0, 0.1) is 0 Å². The van der Waals surface area contributed by atoms with Crippen LogP contribution < -0.4 is 24.8 Å². The Morgan fingerprint density at radius 3 is 2.25 bits per heavy atom. The largest absolute Gasteiger partial charge is 0.497 e.